The maximum absolute atomic E-state index is 5.70. The molecule has 3 nitrogen and oxygen atoms in total. The van der Waals surface area contributed by atoms with Gasteiger partial charge in [0.2, 0.25) is 0 Å². The van der Waals surface area contributed by atoms with E-state index in [1.807, 2.05) is 18.2 Å². The molecule has 0 saturated heterocycles. The van der Waals surface area contributed by atoms with Gasteiger partial charge in [0.25, 0.3) is 0 Å². The lowest BCUT2D eigenvalue weighted by Crippen LogP contribution is -2.00. The fourth-order valence-electron chi connectivity index (χ4n) is 1.69. The van der Waals surface area contributed by atoms with E-state index in [0.717, 1.165) is 17.7 Å². The molecule has 96 valence electrons. The van der Waals surface area contributed by atoms with E-state index in [4.69, 9.17) is 15.2 Å². The van der Waals surface area contributed by atoms with Crippen LogP contribution in [0.4, 0.5) is 5.69 Å². The van der Waals surface area contributed by atoms with E-state index >= 15 is 0 Å². The molecule has 2 rings (SSSR count). The Bertz CT molecular complexity index is 483. The topological polar surface area (TPSA) is 44.5 Å². The number of ether oxygens (including phenoxy) is 2. The summed E-state index contributed by atoms with van der Waals surface area (Å²) in [7, 11) is 1.64. The number of hydrogen-bond donors (Lipinski definition) is 1. The summed E-state index contributed by atoms with van der Waals surface area (Å²) in [5.74, 6) is 0.783. The molecule has 18 heavy (non-hydrogen) atoms. The predicted octanol–water partition coefficient (Wildman–Crippen LogP) is 3.10. The highest BCUT2D eigenvalue weighted by Crippen LogP contribution is 2.22. The molecular formula is C14H17NO2S. The first-order chi connectivity index (χ1) is 8.79. The molecule has 0 fully saturated rings. The standard InChI is InChI=1S/C14H17NO2S/c1-16-14-9-12(15)5-4-11(14)10-17-7-6-13-3-2-8-18-13/h2-5,8-9H,6-7,10,15H2,1H3. The Kier molecular flexibility index (Phi) is 4.61. The van der Waals surface area contributed by atoms with Crippen molar-refractivity contribution in [2.45, 2.75) is 13.0 Å². The van der Waals surface area contributed by atoms with Gasteiger partial charge < -0.3 is 15.2 Å². The molecule has 0 bridgehead atoms. The Labute approximate surface area is 111 Å². The zero-order chi connectivity index (χ0) is 12.8. The van der Waals surface area contributed by atoms with E-state index in [2.05, 4.69) is 17.5 Å². The Hall–Kier alpha value is -1.52. The van der Waals surface area contributed by atoms with Crippen LogP contribution >= 0.6 is 11.3 Å². The van der Waals surface area contributed by atoms with E-state index in [1.54, 1.807) is 18.4 Å². The first kappa shape index (κ1) is 12.9. The molecule has 2 N–H and O–H groups in total. The van der Waals surface area contributed by atoms with Crippen molar-refractivity contribution in [3.63, 3.8) is 0 Å². The second kappa shape index (κ2) is 6.42. The molecule has 2 aromatic rings. The molecule has 0 unspecified atom stereocenters. The minimum absolute atomic E-state index is 0.550. The van der Waals surface area contributed by atoms with Crippen LogP contribution in [0.5, 0.6) is 5.75 Å². The highest BCUT2D eigenvalue weighted by Gasteiger charge is 2.03. The fourth-order valence-corrected chi connectivity index (χ4v) is 2.38. The number of nitrogen functional groups attached to an aromatic ring is 1. The third-order valence-electron chi connectivity index (χ3n) is 2.64. The van der Waals surface area contributed by atoms with Gasteiger partial charge in [-0.3, -0.25) is 0 Å². The van der Waals surface area contributed by atoms with Gasteiger partial charge in [-0.2, -0.15) is 0 Å². The summed E-state index contributed by atoms with van der Waals surface area (Å²) >= 11 is 1.76. The van der Waals surface area contributed by atoms with Crippen LogP contribution in [0.25, 0.3) is 0 Å². The van der Waals surface area contributed by atoms with Crippen LogP contribution in [0.1, 0.15) is 10.4 Å². The number of methoxy groups -OCH3 is 1. The van der Waals surface area contributed by atoms with Crippen LogP contribution in [-0.4, -0.2) is 13.7 Å². The van der Waals surface area contributed by atoms with Gasteiger partial charge >= 0.3 is 0 Å². The van der Waals surface area contributed by atoms with Crippen LogP contribution in [0.15, 0.2) is 35.7 Å². The van der Waals surface area contributed by atoms with E-state index < -0.39 is 0 Å². The maximum atomic E-state index is 5.70. The fraction of sp³-hybridized carbons (Fsp3) is 0.286. The monoisotopic (exact) mass is 263 g/mol. The lowest BCUT2D eigenvalue weighted by atomic mass is 10.2. The molecule has 4 heteroatoms. The largest absolute Gasteiger partial charge is 0.496 e. The third-order valence-corrected chi connectivity index (χ3v) is 3.58. The molecule has 0 atom stereocenters. The van der Waals surface area contributed by atoms with Crippen molar-refractivity contribution >= 4 is 17.0 Å². The van der Waals surface area contributed by atoms with Crippen molar-refractivity contribution in [1.82, 2.24) is 0 Å². The zero-order valence-electron chi connectivity index (χ0n) is 10.4. The SMILES string of the molecule is COc1cc(N)ccc1COCCc1cccs1. The van der Waals surface area contributed by atoms with Crippen LogP contribution in [-0.2, 0) is 17.8 Å². The lowest BCUT2D eigenvalue weighted by Gasteiger charge is -2.09. The minimum atomic E-state index is 0.550. The summed E-state index contributed by atoms with van der Waals surface area (Å²) in [6.07, 6.45) is 0.953. The Morgan fingerprint density at radius 3 is 2.89 bits per heavy atom. The number of hydrogen-bond acceptors (Lipinski definition) is 4. The van der Waals surface area contributed by atoms with Gasteiger partial charge in [-0.1, -0.05) is 12.1 Å². The maximum Gasteiger partial charge on any atom is 0.126 e. The van der Waals surface area contributed by atoms with Gasteiger partial charge in [-0.25, -0.2) is 0 Å². The average Bonchev–Trinajstić information content (AvgIpc) is 2.89. The van der Waals surface area contributed by atoms with Crippen molar-refractivity contribution in [1.29, 1.82) is 0 Å². The molecule has 0 radical (unpaired) electrons. The van der Waals surface area contributed by atoms with Gasteiger partial charge in [0, 0.05) is 28.6 Å². The minimum Gasteiger partial charge on any atom is -0.496 e. The zero-order valence-corrected chi connectivity index (χ0v) is 11.2. The van der Waals surface area contributed by atoms with Crippen LogP contribution in [0, 0.1) is 0 Å². The lowest BCUT2D eigenvalue weighted by molar-refractivity contribution is 0.122. The van der Waals surface area contributed by atoms with Crippen molar-refractivity contribution in [2.24, 2.45) is 0 Å². The molecule has 0 aliphatic carbocycles. The summed E-state index contributed by atoms with van der Waals surface area (Å²) in [5.41, 5.74) is 7.43. The Morgan fingerprint density at radius 1 is 1.28 bits per heavy atom. The second-order valence-electron chi connectivity index (χ2n) is 3.95. The molecule has 0 saturated carbocycles. The quantitative estimate of drug-likeness (QED) is 0.643. The van der Waals surface area contributed by atoms with E-state index in [1.165, 1.54) is 4.88 Å². The van der Waals surface area contributed by atoms with Gasteiger partial charge in [0.05, 0.1) is 20.3 Å². The number of benzene rings is 1. The average molecular weight is 263 g/mol. The third kappa shape index (κ3) is 3.48. The van der Waals surface area contributed by atoms with Crippen molar-refractivity contribution in [3.8, 4) is 5.75 Å². The van der Waals surface area contributed by atoms with Crippen molar-refractivity contribution in [3.05, 3.63) is 46.2 Å². The van der Waals surface area contributed by atoms with Crippen molar-refractivity contribution < 1.29 is 9.47 Å². The van der Waals surface area contributed by atoms with Crippen molar-refractivity contribution in [2.75, 3.05) is 19.5 Å². The van der Waals surface area contributed by atoms with Crippen LogP contribution < -0.4 is 10.5 Å². The molecule has 0 amide bonds. The Morgan fingerprint density at radius 2 is 2.17 bits per heavy atom. The van der Waals surface area contributed by atoms with Gasteiger partial charge in [0.15, 0.2) is 0 Å². The van der Waals surface area contributed by atoms with Crippen LogP contribution in [0.2, 0.25) is 0 Å². The number of rotatable bonds is 6. The second-order valence-corrected chi connectivity index (χ2v) is 4.99. The molecule has 0 aliphatic heterocycles. The molecule has 0 aliphatic rings. The molecule has 1 heterocycles. The highest BCUT2D eigenvalue weighted by atomic mass is 32.1. The van der Waals surface area contributed by atoms with Gasteiger partial charge in [-0.15, -0.1) is 11.3 Å². The summed E-state index contributed by atoms with van der Waals surface area (Å²) in [4.78, 5) is 1.35. The van der Waals surface area contributed by atoms with Gasteiger partial charge in [0.1, 0.15) is 5.75 Å². The normalized spacial score (nSPS) is 10.5. The Balaban J connectivity index is 1.83. The van der Waals surface area contributed by atoms with E-state index in [0.29, 0.717) is 18.9 Å². The predicted molar refractivity (Wildman–Crippen MR) is 75.1 cm³/mol. The van der Waals surface area contributed by atoms with Gasteiger partial charge in [-0.05, 0) is 17.5 Å². The highest BCUT2D eigenvalue weighted by molar-refractivity contribution is 7.09. The first-order valence-corrected chi connectivity index (χ1v) is 6.70. The smallest absolute Gasteiger partial charge is 0.126 e. The van der Waals surface area contributed by atoms with E-state index in [-0.39, 0.29) is 0 Å². The summed E-state index contributed by atoms with van der Waals surface area (Å²) in [6, 6.07) is 9.80. The summed E-state index contributed by atoms with van der Waals surface area (Å²) in [5, 5.41) is 2.08. The van der Waals surface area contributed by atoms with E-state index in [9.17, 15) is 0 Å². The summed E-state index contributed by atoms with van der Waals surface area (Å²) < 4.78 is 10.9. The number of nitrogens with two attached hydrogens (primary N) is 1. The van der Waals surface area contributed by atoms with Crippen LogP contribution in [0.3, 0.4) is 0 Å². The number of thiophene rings is 1. The number of anilines is 1. The molecule has 0 spiro atoms. The molecular weight excluding hydrogens is 246 g/mol. The summed E-state index contributed by atoms with van der Waals surface area (Å²) in [6.45, 7) is 1.27. The molecule has 1 aromatic carbocycles. The molecule has 1 aromatic heterocycles. The first-order valence-electron chi connectivity index (χ1n) is 5.82.